The monoisotopic (exact) mass is 588 g/mol. The number of nitrogens with one attached hydrogen (secondary N) is 2. The van der Waals surface area contributed by atoms with E-state index < -0.39 is 0 Å². The molecule has 10 heteroatoms. The molecule has 2 rings (SSSR count). The summed E-state index contributed by atoms with van der Waals surface area (Å²) >= 11 is 15.2. The van der Waals surface area contributed by atoms with Crippen LogP contribution in [0.1, 0.15) is 86.5 Å². The van der Waals surface area contributed by atoms with Gasteiger partial charge in [-0.3, -0.25) is 9.69 Å². The highest BCUT2D eigenvalue weighted by molar-refractivity contribution is 8.00. The standard InChI is InChI=1S/C27H48N4O2S4/c1-7-20-22(32)30(24(33)28-20)18-26(3,4)12-9-14-36-16-11-17-37-15-10-13-27(5,6)19-31-23(34)21(8-2)29-25(31)35/h20-21H,7-19H2,1-6H3,(H,28,33)(H,29,35). The molecule has 0 spiro atoms. The molecule has 0 radical (unpaired) electrons. The van der Waals surface area contributed by atoms with Crippen molar-refractivity contribution in [1.82, 2.24) is 20.4 Å². The molecule has 2 saturated heterocycles. The van der Waals surface area contributed by atoms with Gasteiger partial charge in [0.15, 0.2) is 5.11 Å². The highest BCUT2D eigenvalue weighted by Crippen LogP contribution is 2.28. The second-order valence-electron chi connectivity index (χ2n) is 11.8. The number of carbonyl (C=O) groups is 2. The number of urea groups is 1. The van der Waals surface area contributed by atoms with Crippen molar-refractivity contribution in [3.05, 3.63) is 0 Å². The Kier molecular flexibility index (Phi) is 13.5. The predicted molar refractivity (Wildman–Crippen MR) is 169 cm³/mol. The summed E-state index contributed by atoms with van der Waals surface area (Å²) < 4.78 is 0. The van der Waals surface area contributed by atoms with Crippen LogP contribution in [0.15, 0.2) is 0 Å². The van der Waals surface area contributed by atoms with Gasteiger partial charge in [-0.2, -0.15) is 23.5 Å². The average molecular weight is 589 g/mol. The molecular weight excluding hydrogens is 541 g/mol. The lowest BCUT2D eigenvalue weighted by molar-refractivity contribution is -0.128. The highest BCUT2D eigenvalue weighted by Gasteiger charge is 2.39. The zero-order valence-electron chi connectivity index (χ0n) is 23.7. The van der Waals surface area contributed by atoms with Crippen LogP contribution in [0.2, 0.25) is 0 Å². The third kappa shape index (κ3) is 10.5. The summed E-state index contributed by atoms with van der Waals surface area (Å²) in [7, 11) is 0. The lowest BCUT2D eigenvalue weighted by Crippen LogP contribution is -2.39. The maximum Gasteiger partial charge on any atom is 0.324 e. The van der Waals surface area contributed by atoms with E-state index in [1.165, 1.54) is 41.4 Å². The molecule has 2 unspecified atom stereocenters. The molecule has 2 aliphatic heterocycles. The summed E-state index contributed by atoms with van der Waals surface area (Å²) in [6.07, 6.45) is 7.38. The van der Waals surface area contributed by atoms with Crippen LogP contribution in [0.3, 0.4) is 0 Å². The molecule has 0 bridgehead atoms. The van der Waals surface area contributed by atoms with Crippen LogP contribution in [0.4, 0.5) is 4.79 Å². The van der Waals surface area contributed by atoms with Gasteiger partial charge in [-0.15, -0.1) is 0 Å². The van der Waals surface area contributed by atoms with Crippen molar-refractivity contribution in [3.8, 4) is 0 Å². The Balaban J connectivity index is 1.49. The SMILES string of the molecule is CCC1NC(=O)N(CC(C)(C)CCCSCCCSCCCC(C)(C)CN2C(=S)NC(CC)C2=S)C1=O. The second-order valence-corrected chi connectivity index (χ2v) is 15.0. The van der Waals surface area contributed by atoms with Crippen molar-refractivity contribution in [2.75, 3.05) is 36.1 Å². The van der Waals surface area contributed by atoms with Gasteiger partial charge in [0.25, 0.3) is 5.91 Å². The highest BCUT2D eigenvalue weighted by atomic mass is 32.2. The van der Waals surface area contributed by atoms with E-state index in [0.29, 0.717) is 13.0 Å². The van der Waals surface area contributed by atoms with E-state index in [9.17, 15) is 9.59 Å². The van der Waals surface area contributed by atoms with Gasteiger partial charge < -0.3 is 15.5 Å². The van der Waals surface area contributed by atoms with Gasteiger partial charge in [0.1, 0.15) is 11.0 Å². The normalized spacial score (nSPS) is 20.7. The lowest BCUT2D eigenvalue weighted by Gasteiger charge is -2.30. The molecule has 3 amide bonds. The summed E-state index contributed by atoms with van der Waals surface area (Å²) in [6, 6.07) is -0.361. The van der Waals surface area contributed by atoms with Gasteiger partial charge in [0.2, 0.25) is 0 Å². The summed E-state index contributed by atoms with van der Waals surface area (Å²) in [4.78, 5) is 29.0. The number of imide groups is 1. The third-order valence-electron chi connectivity index (χ3n) is 7.06. The van der Waals surface area contributed by atoms with Crippen LogP contribution < -0.4 is 10.6 Å². The topological polar surface area (TPSA) is 64.7 Å². The Morgan fingerprint density at radius 1 is 0.757 bits per heavy atom. The molecular formula is C27H48N4O2S4. The van der Waals surface area contributed by atoms with E-state index in [2.05, 4.69) is 61.9 Å². The first kappa shape index (κ1) is 32.6. The molecule has 6 nitrogen and oxygen atoms in total. The summed E-state index contributed by atoms with van der Waals surface area (Å²) in [5.74, 6) is 4.67. The van der Waals surface area contributed by atoms with Gasteiger partial charge in [0.05, 0.1) is 6.04 Å². The van der Waals surface area contributed by atoms with E-state index in [4.69, 9.17) is 24.4 Å². The molecule has 2 atom stereocenters. The molecule has 212 valence electrons. The van der Waals surface area contributed by atoms with E-state index in [0.717, 1.165) is 41.7 Å². The number of amides is 3. The van der Waals surface area contributed by atoms with Crippen LogP contribution in [0.5, 0.6) is 0 Å². The van der Waals surface area contributed by atoms with Gasteiger partial charge >= 0.3 is 6.03 Å². The van der Waals surface area contributed by atoms with Crippen molar-refractivity contribution < 1.29 is 9.59 Å². The Labute approximate surface area is 244 Å². The minimum absolute atomic E-state index is 0.0569. The van der Waals surface area contributed by atoms with Crippen molar-refractivity contribution in [2.45, 2.75) is 98.6 Å². The molecule has 2 N–H and O–H groups in total. The molecule has 2 heterocycles. The smallest absolute Gasteiger partial charge is 0.324 e. The van der Waals surface area contributed by atoms with Crippen molar-refractivity contribution in [3.63, 3.8) is 0 Å². The van der Waals surface area contributed by atoms with Crippen LogP contribution in [-0.2, 0) is 4.79 Å². The number of carbonyl (C=O) groups excluding carboxylic acids is 2. The zero-order valence-corrected chi connectivity index (χ0v) is 27.0. The second kappa shape index (κ2) is 15.3. The Hall–Kier alpha value is -0.580. The van der Waals surface area contributed by atoms with E-state index in [1.54, 1.807) is 0 Å². The Bertz CT molecular complexity index is 741. The van der Waals surface area contributed by atoms with Crippen molar-refractivity contribution >= 4 is 70.0 Å². The predicted octanol–water partition coefficient (Wildman–Crippen LogP) is 6.08. The molecule has 0 aliphatic carbocycles. The average Bonchev–Trinajstić information content (AvgIpc) is 3.25. The first-order valence-electron chi connectivity index (χ1n) is 13.8. The van der Waals surface area contributed by atoms with E-state index >= 15 is 0 Å². The van der Waals surface area contributed by atoms with E-state index in [-0.39, 0.29) is 34.9 Å². The van der Waals surface area contributed by atoms with Gasteiger partial charge in [0, 0.05) is 13.1 Å². The molecule has 2 aliphatic rings. The lowest BCUT2D eigenvalue weighted by atomic mass is 9.87. The quantitative estimate of drug-likeness (QED) is 0.113. The molecule has 0 aromatic rings. The van der Waals surface area contributed by atoms with Crippen LogP contribution >= 0.6 is 48.0 Å². The maximum absolute atomic E-state index is 12.4. The minimum atomic E-state index is -0.345. The maximum atomic E-state index is 12.4. The molecule has 2 fully saturated rings. The molecule has 0 saturated carbocycles. The Morgan fingerprint density at radius 2 is 1.24 bits per heavy atom. The fraction of sp³-hybridized carbons (Fsp3) is 0.852. The molecule has 37 heavy (non-hydrogen) atoms. The fourth-order valence-corrected chi connectivity index (χ4v) is 7.52. The number of hydrogen-bond acceptors (Lipinski definition) is 6. The van der Waals surface area contributed by atoms with Crippen LogP contribution in [0.25, 0.3) is 0 Å². The molecule has 0 aromatic heterocycles. The van der Waals surface area contributed by atoms with E-state index in [1.807, 2.05) is 18.7 Å². The number of rotatable bonds is 18. The summed E-state index contributed by atoms with van der Waals surface area (Å²) in [6.45, 7) is 14.4. The van der Waals surface area contributed by atoms with Crippen LogP contribution in [-0.4, -0.2) is 80.0 Å². The van der Waals surface area contributed by atoms with Gasteiger partial charge in [-0.25, -0.2) is 4.79 Å². The number of hydrogen-bond donors (Lipinski definition) is 2. The van der Waals surface area contributed by atoms with Crippen molar-refractivity contribution in [1.29, 1.82) is 0 Å². The summed E-state index contributed by atoms with van der Waals surface area (Å²) in [5.41, 5.74) is 0.130. The fourth-order valence-electron chi connectivity index (χ4n) is 4.79. The molecule has 0 aromatic carbocycles. The number of thioether (sulfide) groups is 2. The first-order valence-corrected chi connectivity index (χ1v) is 16.9. The minimum Gasteiger partial charge on any atom is -0.353 e. The largest absolute Gasteiger partial charge is 0.353 e. The summed E-state index contributed by atoms with van der Waals surface area (Å²) in [5, 5.41) is 6.92. The van der Waals surface area contributed by atoms with Crippen LogP contribution in [0, 0.1) is 10.8 Å². The zero-order chi connectivity index (χ0) is 27.6. The van der Waals surface area contributed by atoms with Crippen molar-refractivity contribution in [2.24, 2.45) is 10.8 Å². The number of thiocarbonyl (C=S) groups is 2. The van der Waals surface area contributed by atoms with Gasteiger partial charge in [-0.05, 0) is 91.0 Å². The Morgan fingerprint density at radius 3 is 1.70 bits per heavy atom. The third-order valence-corrected chi connectivity index (χ3v) is 10.2. The number of nitrogens with zero attached hydrogens (tertiary/aromatic N) is 2. The first-order chi connectivity index (χ1) is 17.4. The van der Waals surface area contributed by atoms with Gasteiger partial charge in [-0.1, -0.05) is 53.8 Å².